The summed E-state index contributed by atoms with van der Waals surface area (Å²) in [5.74, 6) is -0.158. The van der Waals surface area contributed by atoms with Crippen LogP contribution in [0.2, 0.25) is 0 Å². The molecule has 1 heterocycles. The van der Waals surface area contributed by atoms with Gasteiger partial charge in [0.2, 0.25) is 6.10 Å². The third kappa shape index (κ3) is 3.26. The molecule has 0 aliphatic carbocycles. The highest BCUT2D eigenvalue weighted by Crippen LogP contribution is 2.24. The van der Waals surface area contributed by atoms with Gasteiger partial charge in [-0.25, -0.2) is 0 Å². The molecule has 4 heteroatoms. The Morgan fingerprint density at radius 3 is 2.43 bits per heavy atom. The average molecular weight is 308 g/mol. The molecule has 0 unspecified atom stereocenters. The van der Waals surface area contributed by atoms with Crippen LogP contribution in [-0.2, 0) is 9.63 Å². The van der Waals surface area contributed by atoms with E-state index in [1.807, 2.05) is 51.1 Å². The molecule has 23 heavy (non-hydrogen) atoms. The van der Waals surface area contributed by atoms with Crippen LogP contribution in [0.1, 0.15) is 28.7 Å². The molecule has 3 rings (SSSR count). The van der Waals surface area contributed by atoms with Gasteiger partial charge >= 0.3 is 0 Å². The highest BCUT2D eigenvalue weighted by atomic mass is 16.6. The Kier molecular flexibility index (Phi) is 4.15. The number of rotatable bonds is 3. The minimum atomic E-state index is -0.578. The van der Waals surface area contributed by atoms with Crippen LogP contribution in [0.4, 0.5) is 5.69 Å². The first-order valence-corrected chi connectivity index (χ1v) is 7.71. The lowest BCUT2D eigenvalue weighted by Crippen LogP contribution is -2.28. The predicted molar refractivity (Wildman–Crippen MR) is 91.8 cm³/mol. The van der Waals surface area contributed by atoms with Gasteiger partial charge in [-0.1, -0.05) is 53.2 Å². The molecule has 1 aliphatic heterocycles. The maximum atomic E-state index is 12.5. The molecule has 0 spiro atoms. The normalized spacial score (nSPS) is 16.7. The van der Waals surface area contributed by atoms with Gasteiger partial charge < -0.3 is 10.2 Å². The SMILES string of the molecule is Cc1cc(C)c(NC(=O)[C@@H]2CC(c3ccccc3)=NO2)c(C)c1. The number of hydrogen-bond acceptors (Lipinski definition) is 3. The fraction of sp³-hybridized carbons (Fsp3) is 0.263. The molecule has 0 bridgehead atoms. The molecular formula is C19H20N2O2. The number of hydrogen-bond donors (Lipinski definition) is 1. The summed E-state index contributed by atoms with van der Waals surface area (Å²) in [6.07, 6.45) is -0.0925. The molecule has 1 atom stereocenters. The smallest absolute Gasteiger partial charge is 0.268 e. The van der Waals surface area contributed by atoms with Gasteiger partial charge in [0, 0.05) is 12.1 Å². The molecule has 1 N–H and O–H groups in total. The van der Waals surface area contributed by atoms with Gasteiger partial charge in [-0.05, 0) is 37.5 Å². The lowest BCUT2D eigenvalue weighted by Gasteiger charge is -2.14. The quantitative estimate of drug-likeness (QED) is 0.939. The van der Waals surface area contributed by atoms with Crippen LogP contribution >= 0.6 is 0 Å². The van der Waals surface area contributed by atoms with E-state index in [0.29, 0.717) is 6.42 Å². The highest BCUT2D eigenvalue weighted by Gasteiger charge is 2.29. The van der Waals surface area contributed by atoms with E-state index in [-0.39, 0.29) is 5.91 Å². The Labute approximate surface area is 136 Å². The van der Waals surface area contributed by atoms with E-state index in [9.17, 15) is 4.79 Å². The number of benzene rings is 2. The number of nitrogens with one attached hydrogen (secondary N) is 1. The third-order valence-electron chi connectivity index (χ3n) is 3.99. The second-order valence-corrected chi connectivity index (χ2v) is 5.97. The molecule has 1 amide bonds. The van der Waals surface area contributed by atoms with Crippen molar-refractivity contribution in [3.05, 3.63) is 64.7 Å². The summed E-state index contributed by atoms with van der Waals surface area (Å²) in [5, 5.41) is 7.05. The molecule has 118 valence electrons. The third-order valence-corrected chi connectivity index (χ3v) is 3.99. The van der Waals surface area contributed by atoms with Gasteiger partial charge in [0.15, 0.2) is 0 Å². The molecule has 2 aromatic rings. The van der Waals surface area contributed by atoms with Crippen LogP contribution in [0, 0.1) is 20.8 Å². The number of amides is 1. The Hall–Kier alpha value is -2.62. The number of carbonyl (C=O) groups is 1. The van der Waals surface area contributed by atoms with Crippen LogP contribution in [0.25, 0.3) is 0 Å². The van der Waals surface area contributed by atoms with E-state index >= 15 is 0 Å². The maximum absolute atomic E-state index is 12.5. The average Bonchev–Trinajstić information content (AvgIpc) is 3.01. The zero-order chi connectivity index (χ0) is 16.4. The number of anilines is 1. The molecule has 2 aromatic carbocycles. The summed E-state index contributed by atoms with van der Waals surface area (Å²) in [6, 6.07) is 13.9. The zero-order valence-electron chi connectivity index (χ0n) is 13.6. The number of aryl methyl sites for hydroxylation is 3. The van der Waals surface area contributed by atoms with Crippen molar-refractivity contribution in [2.24, 2.45) is 5.16 Å². The lowest BCUT2D eigenvalue weighted by atomic mass is 10.0. The van der Waals surface area contributed by atoms with Crippen molar-refractivity contribution >= 4 is 17.3 Å². The summed E-state index contributed by atoms with van der Waals surface area (Å²) < 4.78 is 0. The van der Waals surface area contributed by atoms with Gasteiger partial charge in [-0.2, -0.15) is 0 Å². The van der Waals surface area contributed by atoms with Crippen molar-refractivity contribution in [1.82, 2.24) is 0 Å². The molecule has 0 radical (unpaired) electrons. The zero-order valence-corrected chi connectivity index (χ0v) is 13.6. The van der Waals surface area contributed by atoms with E-state index in [1.54, 1.807) is 0 Å². The summed E-state index contributed by atoms with van der Waals surface area (Å²) in [6.45, 7) is 6.04. The van der Waals surface area contributed by atoms with Crippen molar-refractivity contribution < 1.29 is 9.63 Å². The van der Waals surface area contributed by atoms with Crippen LogP contribution < -0.4 is 5.32 Å². The minimum Gasteiger partial charge on any atom is -0.382 e. The van der Waals surface area contributed by atoms with E-state index in [1.165, 1.54) is 5.56 Å². The Balaban J connectivity index is 1.70. The lowest BCUT2D eigenvalue weighted by molar-refractivity contribution is -0.125. The van der Waals surface area contributed by atoms with Crippen molar-refractivity contribution in [1.29, 1.82) is 0 Å². The molecule has 4 nitrogen and oxygen atoms in total. The van der Waals surface area contributed by atoms with Crippen molar-refractivity contribution in [2.45, 2.75) is 33.3 Å². The van der Waals surface area contributed by atoms with Crippen molar-refractivity contribution in [3.8, 4) is 0 Å². The predicted octanol–water partition coefficient (Wildman–Crippen LogP) is 3.74. The molecular weight excluding hydrogens is 288 g/mol. The fourth-order valence-corrected chi connectivity index (χ4v) is 2.90. The Morgan fingerprint density at radius 1 is 1.13 bits per heavy atom. The highest BCUT2D eigenvalue weighted by molar-refractivity contribution is 6.06. The van der Waals surface area contributed by atoms with E-state index in [4.69, 9.17) is 4.84 Å². The first-order valence-electron chi connectivity index (χ1n) is 7.71. The minimum absolute atomic E-state index is 0.158. The largest absolute Gasteiger partial charge is 0.382 e. The first kappa shape index (κ1) is 15.3. The van der Waals surface area contributed by atoms with Crippen LogP contribution in [0.15, 0.2) is 47.6 Å². The van der Waals surface area contributed by atoms with Gasteiger partial charge in [-0.15, -0.1) is 0 Å². The monoisotopic (exact) mass is 308 g/mol. The van der Waals surface area contributed by atoms with E-state index < -0.39 is 6.10 Å². The second kappa shape index (κ2) is 6.24. The molecule has 1 aliphatic rings. The van der Waals surface area contributed by atoms with E-state index in [0.717, 1.165) is 28.1 Å². The topological polar surface area (TPSA) is 50.7 Å². The number of oxime groups is 1. The van der Waals surface area contributed by atoms with Crippen LogP contribution in [-0.4, -0.2) is 17.7 Å². The van der Waals surface area contributed by atoms with Gasteiger partial charge in [0.05, 0.1) is 5.71 Å². The first-order chi connectivity index (χ1) is 11.0. The Bertz CT molecular complexity index is 743. The summed E-state index contributed by atoms with van der Waals surface area (Å²) in [4.78, 5) is 17.8. The van der Waals surface area contributed by atoms with Crippen LogP contribution in [0.5, 0.6) is 0 Å². The summed E-state index contributed by atoms with van der Waals surface area (Å²) in [7, 11) is 0. The van der Waals surface area contributed by atoms with Gasteiger partial charge in [0.25, 0.3) is 5.91 Å². The second-order valence-electron chi connectivity index (χ2n) is 5.97. The standard InChI is InChI=1S/C19H20N2O2/c1-12-9-13(2)18(14(3)10-12)20-19(22)17-11-16(21-23-17)15-7-5-4-6-8-15/h4-10,17H,11H2,1-3H3,(H,20,22)/t17-/m0/s1. The summed E-state index contributed by atoms with van der Waals surface area (Å²) >= 11 is 0. The fourth-order valence-electron chi connectivity index (χ4n) is 2.90. The van der Waals surface area contributed by atoms with Crippen molar-refractivity contribution in [2.75, 3.05) is 5.32 Å². The Morgan fingerprint density at radius 2 is 1.78 bits per heavy atom. The van der Waals surface area contributed by atoms with Crippen LogP contribution in [0.3, 0.4) is 0 Å². The molecule has 0 aromatic heterocycles. The van der Waals surface area contributed by atoms with Gasteiger partial charge in [-0.3, -0.25) is 4.79 Å². The maximum Gasteiger partial charge on any atom is 0.268 e. The van der Waals surface area contributed by atoms with E-state index in [2.05, 4.69) is 22.6 Å². The summed E-state index contributed by atoms with van der Waals surface area (Å²) in [5.41, 5.74) is 5.95. The van der Waals surface area contributed by atoms with Crippen molar-refractivity contribution in [3.63, 3.8) is 0 Å². The molecule has 0 saturated carbocycles. The number of carbonyl (C=O) groups excluding carboxylic acids is 1. The number of nitrogens with zero attached hydrogens (tertiary/aromatic N) is 1. The molecule has 0 saturated heterocycles. The molecule has 0 fully saturated rings. The van der Waals surface area contributed by atoms with Gasteiger partial charge in [0.1, 0.15) is 0 Å².